The Morgan fingerprint density at radius 2 is 2.00 bits per heavy atom. The summed E-state index contributed by atoms with van der Waals surface area (Å²) in [6.45, 7) is 1.96. The maximum atomic E-state index is 6.09. The average molecular weight is 291 g/mol. The molecule has 2 aromatic heterocycles. The minimum atomic E-state index is 0.341. The first-order valence-electron chi connectivity index (χ1n) is 5.78. The molecule has 0 aliphatic rings. The van der Waals surface area contributed by atoms with Gasteiger partial charge in [-0.25, -0.2) is 4.98 Å². The molecule has 6 heteroatoms. The third-order valence-corrected chi connectivity index (χ3v) is 3.86. The molecule has 0 N–H and O–H groups in total. The van der Waals surface area contributed by atoms with Crippen molar-refractivity contribution < 1.29 is 0 Å². The first-order valence-corrected chi connectivity index (χ1v) is 7.15. The molecule has 1 aromatic carbocycles. The molecule has 4 nitrogen and oxygen atoms in total. The van der Waals surface area contributed by atoms with Gasteiger partial charge in [0.05, 0.1) is 6.20 Å². The molecule has 19 heavy (non-hydrogen) atoms. The number of aromatic nitrogens is 4. The lowest BCUT2D eigenvalue weighted by molar-refractivity contribution is 0.834. The monoisotopic (exact) mass is 290 g/mol. The van der Waals surface area contributed by atoms with Crippen LogP contribution in [0.15, 0.2) is 41.7 Å². The van der Waals surface area contributed by atoms with Gasteiger partial charge >= 0.3 is 0 Å². The Hall–Kier alpha value is -1.59. The molecular weight excluding hydrogens is 280 g/mol. The summed E-state index contributed by atoms with van der Waals surface area (Å²) in [5.41, 5.74) is 2.98. The third kappa shape index (κ3) is 2.57. The van der Waals surface area contributed by atoms with Crippen molar-refractivity contribution in [1.29, 1.82) is 0 Å². The zero-order valence-corrected chi connectivity index (χ0v) is 11.8. The molecular formula is C13H11ClN4S. The number of benzene rings is 1. The molecule has 0 radical (unpaired) electrons. The Kier molecular flexibility index (Phi) is 3.40. The second-order valence-corrected chi connectivity index (χ2v) is 5.39. The molecule has 2 heterocycles. The quantitative estimate of drug-likeness (QED) is 0.694. The summed E-state index contributed by atoms with van der Waals surface area (Å²) >= 11 is 7.66. The molecule has 0 atom stereocenters. The second kappa shape index (κ2) is 5.19. The van der Waals surface area contributed by atoms with Gasteiger partial charge in [0.2, 0.25) is 5.28 Å². The molecule has 0 saturated carbocycles. The number of hydrogen-bond acceptors (Lipinski definition) is 4. The zero-order chi connectivity index (χ0) is 13.2. The van der Waals surface area contributed by atoms with Crippen LogP contribution in [0.25, 0.3) is 5.65 Å². The van der Waals surface area contributed by atoms with Gasteiger partial charge in [-0.2, -0.15) is 14.6 Å². The van der Waals surface area contributed by atoms with E-state index in [2.05, 4.69) is 27.2 Å². The maximum Gasteiger partial charge on any atom is 0.228 e. The van der Waals surface area contributed by atoms with Crippen LogP contribution in [-0.4, -0.2) is 19.6 Å². The Labute approximate surface area is 119 Å². The van der Waals surface area contributed by atoms with Crippen LogP contribution in [0, 0.1) is 6.92 Å². The molecule has 3 rings (SSSR count). The van der Waals surface area contributed by atoms with E-state index in [9.17, 15) is 0 Å². The van der Waals surface area contributed by atoms with E-state index in [1.165, 1.54) is 5.56 Å². The van der Waals surface area contributed by atoms with Gasteiger partial charge < -0.3 is 0 Å². The van der Waals surface area contributed by atoms with Crippen LogP contribution in [0.5, 0.6) is 0 Å². The third-order valence-electron chi connectivity index (χ3n) is 2.70. The Bertz CT molecular complexity index is 711. The first-order chi connectivity index (χ1) is 9.24. The number of aryl methyl sites for hydroxylation is 1. The summed E-state index contributed by atoms with van der Waals surface area (Å²) in [4.78, 5) is 8.73. The smallest absolute Gasteiger partial charge is 0.203 e. The molecule has 0 unspecified atom stereocenters. The van der Waals surface area contributed by atoms with Gasteiger partial charge in [0.25, 0.3) is 0 Å². The van der Waals surface area contributed by atoms with Crippen LogP contribution >= 0.6 is 23.4 Å². The van der Waals surface area contributed by atoms with Gasteiger partial charge in [-0.1, -0.05) is 42.1 Å². The van der Waals surface area contributed by atoms with E-state index in [1.54, 1.807) is 22.5 Å². The van der Waals surface area contributed by atoms with Crippen molar-refractivity contribution >= 4 is 29.0 Å². The van der Waals surface area contributed by atoms with Gasteiger partial charge in [-0.15, -0.1) is 0 Å². The van der Waals surface area contributed by atoms with Crippen LogP contribution in [0.1, 0.15) is 11.1 Å². The maximum absolute atomic E-state index is 6.09. The number of rotatable bonds is 3. The fourth-order valence-corrected chi connectivity index (χ4v) is 2.77. The predicted molar refractivity (Wildman–Crippen MR) is 76.5 cm³/mol. The Morgan fingerprint density at radius 1 is 1.21 bits per heavy atom. The lowest BCUT2D eigenvalue weighted by atomic mass is 10.2. The summed E-state index contributed by atoms with van der Waals surface area (Å²) in [5, 5.41) is 5.14. The van der Waals surface area contributed by atoms with Crippen LogP contribution in [0.3, 0.4) is 0 Å². The van der Waals surface area contributed by atoms with E-state index >= 15 is 0 Å². The number of halogens is 1. The van der Waals surface area contributed by atoms with E-state index in [0.717, 1.165) is 17.0 Å². The van der Waals surface area contributed by atoms with Gasteiger partial charge in [0.1, 0.15) is 0 Å². The van der Waals surface area contributed by atoms with Crippen molar-refractivity contribution in [2.45, 2.75) is 17.8 Å². The minimum Gasteiger partial charge on any atom is -0.203 e. The molecule has 0 amide bonds. The van der Waals surface area contributed by atoms with E-state index in [0.29, 0.717) is 10.4 Å². The summed E-state index contributed by atoms with van der Waals surface area (Å²) < 4.78 is 1.55. The Balaban J connectivity index is 1.87. The number of nitrogens with zero attached hydrogens (tertiary/aromatic N) is 4. The predicted octanol–water partition coefficient (Wildman–Crippen LogP) is 3.38. The van der Waals surface area contributed by atoms with Gasteiger partial charge in [0, 0.05) is 11.3 Å². The van der Waals surface area contributed by atoms with Crippen LogP contribution in [0.2, 0.25) is 5.28 Å². The van der Waals surface area contributed by atoms with Gasteiger partial charge in [-0.05, 0) is 24.1 Å². The van der Waals surface area contributed by atoms with Crippen molar-refractivity contribution in [2.75, 3.05) is 0 Å². The molecule has 0 saturated heterocycles. The standard InChI is InChI=1S/C13H11ClN4S/c1-9-7-15-18-11(9)16-13(17-12(18)14)19-8-10-5-3-2-4-6-10/h2-7H,8H2,1H3. The average Bonchev–Trinajstić information content (AvgIpc) is 2.80. The highest BCUT2D eigenvalue weighted by Crippen LogP contribution is 2.22. The number of hydrogen-bond donors (Lipinski definition) is 0. The Morgan fingerprint density at radius 3 is 2.79 bits per heavy atom. The lowest BCUT2D eigenvalue weighted by Crippen LogP contribution is -1.98. The first kappa shape index (κ1) is 12.4. The van der Waals surface area contributed by atoms with Gasteiger partial charge in [-0.3, -0.25) is 0 Å². The molecule has 0 aliphatic carbocycles. The summed E-state index contributed by atoms with van der Waals surface area (Å²) in [7, 11) is 0. The molecule has 3 aromatic rings. The molecule has 0 bridgehead atoms. The van der Waals surface area contributed by atoms with Crippen molar-refractivity contribution in [1.82, 2.24) is 19.6 Å². The van der Waals surface area contributed by atoms with Gasteiger partial charge in [0.15, 0.2) is 10.8 Å². The summed E-state index contributed by atoms with van der Waals surface area (Å²) in [5.74, 6) is 0.820. The number of fused-ring (bicyclic) bond motifs is 1. The van der Waals surface area contributed by atoms with Crippen LogP contribution in [-0.2, 0) is 5.75 Å². The normalized spacial score (nSPS) is 11.1. The van der Waals surface area contributed by atoms with Crippen molar-refractivity contribution in [3.05, 3.63) is 52.9 Å². The molecule has 0 aliphatic heterocycles. The van der Waals surface area contributed by atoms with Crippen molar-refractivity contribution in [2.24, 2.45) is 0 Å². The summed E-state index contributed by atoms with van der Waals surface area (Å²) in [6.07, 6.45) is 1.74. The number of thioether (sulfide) groups is 1. The van der Waals surface area contributed by atoms with Crippen LogP contribution in [0.4, 0.5) is 0 Å². The van der Waals surface area contributed by atoms with E-state index < -0.39 is 0 Å². The molecule has 0 fully saturated rings. The largest absolute Gasteiger partial charge is 0.228 e. The van der Waals surface area contributed by atoms with Crippen LogP contribution < -0.4 is 0 Å². The summed E-state index contributed by atoms with van der Waals surface area (Å²) in [6, 6.07) is 10.2. The highest BCUT2D eigenvalue weighted by Gasteiger charge is 2.09. The molecule has 0 spiro atoms. The lowest BCUT2D eigenvalue weighted by Gasteiger charge is -2.03. The van der Waals surface area contributed by atoms with Crippen molar-refractivity contribution in [3.8, 4) is 0 Å². The SMILES string of the molecule is Cc1cnn2c(Cl)nc(SCc3ccccc3)nc12. The highest BCUT2D eigenvalue weighted by molar-refractivity contribution is 7.98. The van der Waals surface area contributed by atoms with Crippen molar-refractivity contribution in [3.63, 3.8) is 0 Å². The minimum absolute atomic E-state index is 0.341. The zero-order valence-electron chi connectivity index (χ0n) is 10.2. The second-order valence-electron chi connectivity index (χ2n) is 4.11. The topological polar surface area (TPSA) is 43.1 Å². The highest BCUT2D eigenvalue weighted by atomic mass is 35.5. The van der Waals surface area contributed by atoms with E-state index in [-0.39, 0.29) is 0 Å². The van der Waals surface area contributed by atoms with E-state index in [4.69, 9.17) is 11.6 Å². The molecule has 96 valence electrons. The fraction of sp³-hybridized carbons (Fsp3) is 0.154. The van der Waals surface area contributed by atoms with E-state index in [1.807, 2.05) is 25.1 Å². The fourth-order valence-electron chi connectivity index (χ4n) is 1.72.